The van der Waals surface area contributed by atoms with E-state index in [1.165, 1.54) is 0 Å². The summed E-state index contributed by atoms with van der Waals surface area (Å²) in [5.41, 5.74) is 6.68. The molecule has 1 aromatic carbocycles. The van der Waals surface area contributed by atoms with E-state index >= 15 is 0 Å². The number of halogens is 1. The zero-order valence-corrected chi connectivity index (χ0v) is 12.6. The standard InChI is InChI=1S/C14H20N2O3.ClH/c1-10(15)3-6-14(17)16(2)8-11-4-5-12-13(7-11)19-9-18-12;/h4-5,7,10H,3,6,8-9,15H2,1-2H3;1H. The first-order valence-electron chi connectivity index (χ1n) is 6.44. The van der Waals surface area contributed by atoms with E-state index in [0.29, 0.717) is 19.4 Å². The zero-order chi connectivity index (χ0) is 13.8. The van der Waals surface area contributed by atoms with Gasteiger partial charge in [-0.1, -0.05) is 6.07 Å². The van der Waals surface area contributed by atoms with Gasteiger partial charge in [-0.05, 0) is 31.0 Å². The maximum atomic E-state index is 11.9. The Labute approximate surface area is 125 Å². The van der Waals surface area contributed by atoms with E-state index in [-0.39, 0.29) is 31.1 Å². The molecule has 2 N–H and O–H groups in total. The second kappa shape index (κ2) is 7.36. The van der Waals surface area contributed by atoms with Crippen LogP contribution in [0.5, 0.6) is 11.5 Å². The van der Waals surface area contributed by atoms with E-state index in [1.54, 1.807) is 11.9 Å². The van der Waals surface area contributed by atoms with Crippen LogP contribution in [0.3, 0.4) is 0 Å². The fourth-order valence-corrected chi connectivity index (χ4v) is 1.94. The Morgan fingerprint density at radius 3 is 2.80 bits per heavy atom. The molecule has 1 aliphatic heterocycles. The van der Waals surface area contributed by atoms with Crippen LogP contribution in [0.15, 0.2) is 18.2 Å². The van der Waals surface area contributed by atoms with Crippen LogP contribution >= 0.6 is 12.4 Å². The molecule has 1 amide bonds. The van der Waals surface area contributed by atoms with Gasteiger partial charge in [0.05, 0.1) is 0 Å². The molecule has 20 heavy (non-hydrogen) atoms. The summed E-state index contributed by atoms with van der Waals surface area (Å²) in [6.45, 7) is 2.74. The molecule has 112 valence electrons. The Bertz CT molecular complexity index is 466. The summed E-state index contributed by atoms with van der Waals surface area (Å²) in [4.78, 5) is 13.6. The third kappa shape index (κ3) is 4.28. The van der Waals surface area contributed by atoms with Gasteiger partial charge >= 0.3 is 0 Å². The Morgan fingerprint density at radius 2 is 2.10 bits per heavy atom. The number of hydrogen-bond donors (Lipinski definition) is 1. The highest BCUT2D eigenvalue weighted by Gasteiger charge is 2.15. The number of fused-ring (bicyclic) bond motifs is 1. The van der Waals surface area contributed by atoms with Gasteiger partial charge in [-0.15, -0.1) is 12.4 Å². The summed E-state index contributed by atoms with van der Waals surface area (Å²) < 4.78 is 10.6. The van der Waals surface area contributed by atoms with Crippen LogP contribution in [0.2, 0.25) is 0 Å². The lowest BCUT2D eigenvalue weighted by Gasteiger charge is -2.18. The van der Waals surface area contributed by atoms with Gasteiger partial charge in [0.2, 0.25) is 12.7 Å². The maximum Gasteiger partial charge on any atom is 0.231 e. The second-order valence-electron chi connectivity index (χ2n) is 4.95. The monoisotopic (exact) mass is 300 g/mol. The molecule has 1 unspecified atom stereocenters. The highest BCUT2D eigenvalue weighted by atomic mass is 35.5. The largest absolute Gasteiger partial charge is 0.454 e. The molecule has 1 atom stereocenters. The third-order valence-electron chi connectivity index (χ3n) is 3.10. The molecular weight excluding hydrogens is 280 g/mol. The molecule has 0 bridgehead atoms. The van der Waals surface area contributed by atoms with Gasteiger partial charge < -0.3 is 20.1 Å². The van der Waals surface area contributed by atoms with Gasteiger partial charge in [0.1, 0.15) is 0 Å². The fourth-order valence-electron chi connectivity index (χ4n) is 1.94. The summed E-state index contributed by atoms with van der Waals surface area (Å²) in [6.07, 6.45) is 1.20. The molecule has 1 aromatic rings. The number of carbonyl (C=O) groups excluding carboxylic acids is 1. The second-order valence-corrected chi connectivity index (χ2v) is 4.95. The van der Waals surface area contributed by atoms with Crippen LogP contribution in [0.1, 0.15) is 25.3 Å². The third-order valence-corrected chi connectivity index (χ3v) is 3.10. The quantitative estimate of drug-likeness (QED) is 0.902. The smallest absolute Gasteiger partial charge is 0.231 e. The van der Waals surface area contributed by atoms with Crippen molar-refractivity contribution in [2.45, 2.75) is 32.4 Å². The van der Waals surface area contributed by atoms with Gasteiger partial charge in [-0.2, -0.15) is 0 Å². The molecular formula is C14H21ClN2O3. The van der Waals surface area contributed by atoms with E-state index < -0.39 is 0 Å². The van der Waals surface area contributed by atoms with Crippen molar-refractivity contribution in [1.29, 1.82) is 0 Å². The summed E-state index contributed by atoms with van der Waals surface area (Å²) in [5, 5.41) is 0. The van der Waals surface area contributed by atoms with Gasteiger partial charge in [-0.25, -0.2) is 0 Å². The van der Waals surface area contributed by atoms with Crippen LogP contribution in [-0.2, 0) is 11.3 Å². The lowest BCUT2D eigenvalue weighted by molar-refractivity contribution is -0.130. The maximum absolute atomic E-state index is 11.9. The highest BCUT2D eigenvalue weighted by Crippen LogP contribution is 2.32. The lowest BCUT2D eigenvalue weighted by atomic mass is 10.1. The average Bonchev–Trinajstić information content (AvgIpc) is 2.83. The fraction of sp³-hybridized carbons (Fsp3) is 0.500. The van der Waals surface area contributed by atoms with Crippen molar-refractivity contribution in [2.75, 3.05) is 13.8 Å². The van der Waals surface area contributed by atoms with E-state index in [9.17, 15) is 4.79 Å². The van der Waals surface area contributed by atoms with Crippen LogP contribution in [0.4, 0.5) is 0 Å². The predicted octanol–water partition coefficient (Wildman–Crippen LogP) is 1.92. The molecule has 5 nitrogen and oxygen atoms in total. The van der Waals surface area contributed by atoms with Crippen molar-refractivity contribution in [1.82, 2.24) is 4.90 Å². The molecule has 6 heteroatoms. The first-order valence-corrected chi connectivity index (χ1v) is 6.44. The van der Waals surface area contributed by atoms with Crippen LogP contribution in [-0.4, -0.2) is 30.7 Å². The number of amides is 1. The molecule has 0 radical (unpaired) electrons. The molecule has 1 aliphatic rings. The van der Waals surface area contributed by atoms with Crippen molar-refractivity contribution in [3.63, 3.8) is 0 Å². The molecule has 0 aliphatic carbocycles. The topological polar surface area (TPSA) is 64.8 Å². The summed E-state index contributed by atoms with van der Waals surface area (Å²) >= 11 is 0. The van der Waals surface area contributed by atoms with E-state index in [2.05, 4.69) is 0 Å². The first-order chi connectivity index (χ1) is 9.06. The minimum Gasteiger partial charge on any atom is -0.454 e. The van der Waals surface area contributed by atoms with Crippen molar-refractivity contribution in [3.8, 4) is 11.5 Å². The Hall–Kier alpha value is -1.46. The summed E-state index contributed by atoms with van der Waals surface area (Å²) in [6, 6.07) is 5.79. The zero-order valence-electron chi connectivity index (χ0n) is 11.8. The van der Waals surface area contributed by atoms with Crippen LogP contribution in [0.25, 0.3) is 0 Å². The lowest BCUT2D eigenvalue weighted by Crippen LogP contribution is -2.27. The Kier molecular flexibility index (Phi) is 6.10. The highest BCUT2D eigenvalue weighted by molar-refractivity contribution is 5.85. The number of hydrogen-bond acceptors (Lipinski definition) is 4. The van der Waals surface area contributed by atoms with Gasteiger partial charge in [0, 0.05) is 26.1 Å². The van der Waals surface area contributed by atoms with E-state index in [4.69, 9.17) is 15.2 Å². The molecule has 0 aromatic heterocycles. The number of benzene rings is 1. The minimum absolute atomic E-state index is 0. The Morgan fingerprint density at radius 1 is 1.40 bits per heavy atom. The minimum atomic E-state index is 0. The average molecular weight is 301 g/mol. The Balaban J connectivity index is 0.00000200. The van der Waals surface area contributed by atoms with Gasteiger partial charge in [0.15, 0.2) is 11.5 Å². The predicted molar refractivity (Wildman–Crippen MR) is 79.2 cm³/mol. The molecule has 0 fully saturated rings. The molecule has 2 rings (SSSR count). The summed E-state index contributed by atoms with van der Waals surface area (Å²) in [7, 11) is 1.80. The number of nitrogens with two attached hydrogens (primary N) is 1. The SMILES string of the molecule is CC(N)CCC(=O)N(C)Cc1ccc2c(c1)OCO2.Cl. The van der Waals surface area contributed by atoms with Crippen molar-refractivity contribution in [3.05, 3.63) is 23.8 Å². The summed E-state index contributed by atoms with van der Waals surface area (Å²) in [5.74, 6) is 1.61. The molecule has 0 saturated heterocycles. The van der Waals surface area contributed by atoms with Gasteiger partial charge in [0.25, 0.3) is 0 Å². The number of rotatable bonds is 5. The first kappa shape index (κ1) is 16.6. The number of nitrogens with zero attached hydrogens (tertiary/aromatic N) is 1. The van der Waals surface area contributed by atoms with Gasteiger partial charge in [-0.3, -0.25) is 4.79 Å². The molecule has 0 saturated carbocycles. The number of ether oxygens (including phenoxy) is 2. The van der Waals surface area contributed by atoms with E-state index in [1.807, 2.05) is 25.1 Å². The number of carbonyl (C=O) groups is 1. The van der Waals surface area contributed by atoms with Crippen molar-refractivity contribution >= 4 is 18.3 Å². The molecule has 1 heterocycles. The van der Waals surface area contributed by atoms with E-state index in [0.717, 1.165) is 17.1 Å². The van der Waals surface area contributed by atoms with Crippen LogP contribution in [0, 0.1) is 0 Å². The molecule has 0 spiro atoms. The normalized spacial score (nSPS) is 13.6. The van der Waals surface area contributed by atoms with Crippen molar-refractivity contribution < 1.29 is 14.3 Å². The van der Waals surface area contributed by atoms with Crippen molar-refractivity contribution in [2.24, 2.45) is 5.73 Å². The van der Waals surface area contributed by atoms with Crippen LogP contribution < -0.4 is 15.2 Å².